The van der Waals surface area contributed by atoms with Gasteiger partial charge in [0.25, 0.3) is 5.91 Å². The van der Waals surface area contributed by atoms with Gasteiger partial charge in [-0.3, -0.25) is 4.79 Å². The van der Waals surface area contributed by atoms with Crippen LogP contribution in [0.1, 0.15) is 37.4 Å². The summed E-state index contributed by atoms with van der Waals surface area (Å²) in [6.07, 6.45) is -3.52. The second-order valence-electron chi connectivity index (χ2n) is 7.80. The molecular formula is C24H29NO6. The van der Waals surface area contributed by atoms with Crippen LogP contribution in [0.4, 0.5) is 0 Å². The number of cyclic esters (lactones) is 1. The SMILES string of the molecule is C[C@@H]1OC(=O)[C@@H](C[C@@H](O)[C@@H](O)COCc2ccccc2)N([C@@H](C)c2ccccc2)C1=O. The van der Waals surface area contributed by atoms with Gasteiger partial charge in [-0.1, -0.05) is 60.7 Å². The number of aliphatic hydroxyl groups is 2. The van der Waals surface area contributed by atoms with Gasteiger partial charge in [0.15, 0.2) is 6.10 Å². The minimum atomic E-state index is -1.26. The Hall–Kier alpha value is -2.74. The molecule has 1 amide bonds. The first-order valence-corrected chi connectivity index (χ1v) is 10.4. The number of amides is 1. The summed E-state index contributed by atoms with van der Waals surface area (Å²) in [6.45, 7) is 3.56. The molecule has 0 aliphatic carbocycles. The number of morpholine rings is 1. The molecule has 2 aromatic rings. The van der Waals surface area contributed by atoms with Gasteiger partial charge in [0.2, 0.25) is 0 Å². The van der Waals surface area contributed by atoms with Crippen molar-refractivity contribution in [3.05, 3.63) is 71.8 Å². The lowest BCUT2D eigenvalue weighted by atomic mass is 9.97. The molecule has 0 bridgehead atoms. The topological polar surface area (TPSA) is 96.3 Å². The summed E-state index contributed by atoms with van der Waals surface area (Å²) in [7, 11) is 0. The molecule has 7 heteroatoms. The molecule has 1 heterocycles. The summed E-state index contributed by atoms with van der Waals surface area (Å²) in [6, 6.07) is 17.4. The standard InChI is InChI=1S/C24H29NO6/c1-16(19-11-7-4-8-12-19)25-20(24(29)31-17(2)23(25)28)13-21(26)22(27)15-30-14-18-9-5-3-6-10-18/h3-12,16-17,20-22,26-27H,13-15H2,1-2H3/t16-,17-,20+,21+,22-/m0/s1. The van der Waals surface area contributed by atoms with Crippen molar-refractivity contribution in [1.29, 1.82) is 0 Å². The van der Waals surface area contributed by atoms with Crippen molar-refractivity contribution in [1.82, 2.24) is 4.90 Å². The number of carbonyl (C=O) groups excluding carboxylic acids is 2. The van der Waals surface area contributed by atoms with E-state index in [-0.39, 0.29) is 18.9 Å². The Bertz CT molecular complexity index is 859. The van der Waals surface area contributed by atoms with Crippen molar-refractivity contribution in [2.45, 2.75) is 57.3 Å². The van der Waals surface area contributed by atoms with Gasteiger partial charge in [-0.2, -0.15) is 0 Å². The van der Waals surface area contributed by atoms with Crippen LogP contribution in [0, 0.1) is 0 Å². The van der Waals surface area contributed by atoms with E-state index in [1.165, 1.54) is 11.8 Å². The fourth-order valence-corrected chi connectivity index (χ4v) is 3.71. The van der Waals surface area contributed by atoms with Crippen molar-refractivity contribution in [3.63, 3.8) is 0 Å². The molecule has 7 nitrogen and oxygen atoms in total. The molecule has 2 aromatic carbocycles. The monoisotopic (exact) mass is 427 g/mol. The Labute approximate surface area is 182 Å². The van der Waals surface area contributed by atoms with Gasteiger partial charge in [-0.15, -0.1) is 0 Å². The zero-order valence-corrected chi connectivity index (χ0v) is 17.8. The van der Waals surface area contributed by atoms with Crippen molar-refractivity contribution in [2.75, 3.05) is 6.61 Å². The molecule has 5 atom stereocenters. The van der Waals surface area contributed by atoms with Crippen LogP contribution >= 0.6 is 0 Å². The molecule has 3 rings (SSSR count). The van der Waals surface area contributed by atoms with E-state index in [0.717, 1.165) is 11.1 Å². The third-order valence-electron chi connectivity index (χ3n) is 5.51. The molecule has 31 heavy (non-hydrogen) atoms. The fourth-order valence-electron chi connectivity index (χ4n) is 3.71. The fraction of sp³-hybridized carbons (Fsp3) is 0.417. The Kier molecular flexibility index (Phi) is 7.79. The zero-order chi connectivity index (χ0) is 22.4. The Morgan fingerprint density at radius 3 is 2.26 bits per heavy atom. The molecule has 2 N–H and O–H groups in total. The van der Waals surface area contributed by atoms with E-state index in [1.54, 1.807) is 0 Å². The number of rotatable bonds is 9. The van der Waals surface area contributed by atoms with Gasteiger partial charge in [0.05, 0.1) is 25.4 Å². The number of hydrogen-bond acceptors (Lipinski definition) is 6. The smallest absolute Gasteiger partial charge is 0.329 e. The maximum absolute atomic E-state index is 12.9. The highest BCUT2D eigenvalue weighted by Gasteiger charge is 2.44. The van der Waals surface area contributed by atoms with Gasteiger partial charge < -0.3 is 24.6 Å². The summed E-state index contributed by atoms with van der Waals surface area (Å²) in [5.41, 5.74) is 1.81. The summed E-state index contributed by atoms with van der Waals surface area (Å²) in [5.74, 6) is -0.922. The Morgan fingerprint density at radius 1 is 1.00 bits per heavy atom. The quantitative estimate of drug-likeness (QED) is 0.596. The van der Waals surface area contributed by atoms with E-state index in [1.807, 2.05) is 67.6 Å². The highest BCUT2D eigenvalue weighted by molar-refractivity contribution is 5.92. The summed E-state index contributed by atoms with van der Waals surface area (Å²) in [5, 5.41) is 20.9. The summed E-state index contributed by atoms with van der Waals surface area (Å²) in [4.78, 5) is 26.9. The van der Waals surface area contributed by atoms with Gasteiger partial charge in [-0.25, -0.2) is 4.79 Å². The first-order chi connectivity index (χ1) is 14.9. The van der Waals surface area contributed by atoms with Gasteiger partial charge in [0.1, 0.15) is 12.1 Å². The highest BCUT2D eigenvalue weighted by Crippen LogP contribution is 2.30. The van der Waals surface area contributed by atoms with Crippen LogP contribution in [0.15, 0.2) is 60.7 Å². The number of nitrogens with zero attached hydrogens (tertiary/aromatic N) is 1. The van der Waals surface area contributed by atoms with Crippen molar-refractivity contribution < 1.29 is 29.3 Å². The van der Waals surface area contributed by atoms with Crippen molar-refractivity contribution in [2.24, 2.45) is 0 Å². The van der Waals surface area contributed by atoms with Crippen LogP contribution in [-0.2, 0) is 25.7 Å². The van der Waals surface area contributed by atoms with Crippen LogP contribution in [-0.4, -0.2) is 58.0 Å². The molecular weight excluding hydrogens is 398 g/mol. The second-order valence-corrected chi connectivity index (χ2v) is 7.80. The van der Waals surface area contributed by atoms with Gasteiger partial charge in [-0.05, 0) is 25.0 Å². The zero-order valence-electron chi connectivity index (χ0n) is 17.8. The second kappa shape index (κ2) is 10.5. The molecule has 0 aromatic heterocycles. The van der Waals surface area contributed by atoms with E-state index < -0.39 is 36.4 Å². The predicted molar refractivity (Wildman–Crippen MR) is 114 cm³/mol. The first kappa shape index (κ1) is 22.9. The number of carbonyl (C=O) groups is 2. The van der Waals surface area contributed by atoms with Crippen LogP contribution in [0.3, 0.4) is 0 Å². The number of hydrogen-bond donors (Lipinski definition) is 2. The lowest BCUT2D eigenvalue weighted by Gasteiger charge is -2.41. The van der Waals surface area contributed by atoms with Crippen LogP contribution < -0.4 is 0 Å². The minimum Gasteiger partial charge on any atom is -0.451 e. The summed E-state index contributed by atoms with van der Waals surface area (Å²) >= 11 is 0. The average molecular weight is 427 g/mol. The largest absolute Gasteiger partial charge is 0.451 e. The van der Waals surface area contributed by atoms with E-state index in [9.17, 15) is 19.8 Å². The maximum Gasteiger partial charge on any atom is 0.329 e. The van der Waals surface area contributed by atoms with Crippen LogP contribution in [0.25, 0.3) is 0 Å². The van der Waals surface area contributed by atoms with Gasteiger partial charge in [0, 0.05) is 6.42 Å². The molecule has 1 fully saturated rings. The van der Waals surface area contributed by atoms with E-state index in [2.05, 4.69) is 0 Å². The van der Waals surface area contributed by atoms with E-state index in [0.29, 0.717) is 6.61 Å². The molecule has 1 saturated heterocycles. The number of aliphatic hydroxyl groups excluding tert-OH is 2. The molecule has 0 unspecified atom stereocenters. The van der Waals surface area contributed by atoms with Crippen LogP contribution in [0.2, 0.25) is 0 Å². The molecule has 166 valence electrons. The van der Waals surface area contributed by atoms with Crippen molar-refractivity contribution in [3.8, 4) is 0 Å². The third kappa shape index (κ3) is 5.70. The van der Waals surface area contributed by atoms with Crippen LogP contribution in [0.5, 0.6) is 0 Å². The molecule has 1 aliphatic heterocycles. The first-order valence-electron chi connectivity index (χ1n) is 10.4. The molecule has 1 aliphatic rings. The average Bonchev–Trinajstić information content (AvgIpc) is 2.78. The number of ether oxygens (including phenoxy) is 2. The normalized spacial score (nSPS) is 22.0. The minimum absolute atomic E-state index is 0.101. The predicted octanol–water partition coefficient (Wildman–Crippen LogP) is 2.22. The van der Waals surface area contributed by atoms with E-state index in [4.69, 9.17) is 9.47 Å². The third-order valence-corrected chi connectivity index (χ3v) is 5.51. The summed E-state index contributed by atoms with van der Waals surface area (Å²) < 4.78 is 10.7. The lowest BCUT2D eigenvalue weighted by Crippen LogP contribution is -2.58. The van der Waals surface area contributed by atoms with Gasteiger partial charge >= 0.3 is 5.97 Å². The maximum atomic E-state index is 12.9. The number of benzene rings is 2. The van der Waals surface area contributed by atoms with Crippen molar-refractivity contribution >= 4 is 11.9 Å². The molecule has 0 saturated carbocycles. The van der Waals surface area contributed by atoms with E-state index >= 15 is 0 Å². The lowest BCUT2D eigenvalue weighted by molar-refractivity contribution is -0.182. The molecule has 0 radical (unpaired) electrons. The Morgan fingerprint density at radius 2 is 1.61 bits per heavy atom. The molecule has 0 spiro atoms. The number of esters is 1. The highest BCUT2D eigenvalue weighted by atomic mass is 16.6. The Balaban J connectivity index is 1.66.